The molecule has 2 amide bonds. The van der Waals surface area contributed by atoms with Crippen LogP contribution < -0.4 is 16.4 Å². The second kappa shape index (κ2) is 7.87. The Kier molecular flexibility index (Phi) is 5.83. The number of amides is 2. The van der Waals surface area contributed by atoms with Crippen molar-refractivity contribution in [1.29, 1.82) is 0 Å². The highest BCUT2D eigenvalue weighted by molar-refractivity contribution is 5.89. The molecule has 0 aromatic heterocycles. The molecule has 110 valence electrons. The molecule has 1 heterocycles. The number of likely N-dealkylation sites (tertiary alicyclic amines) is 1. The highest BCUT2D eigenvalue weighted by atomic mass is 16.2. The first-order chi connectivity index (χ1) is 9.79. The summed E-state index contributed by atoms with van der Waals surface area (Å²) in [6, 6.07) is 9.75. The van der Waals surface area contributed by atoms with E-state index in [0.717, 1.165) is 25.2 Å². The van der Waals surface area contributed by atoms with Crippen LogP contribution in [0.5, 0.6) is 0 Å². The van der Waals surface area contributed by atoms with Gasteiger partial charge in [0.15, 0.2) is 0 Å². The van der Waals surface area contributed by atoms with Crippen molar-refractivity contribution in [2.75, 3.05) is 31.5 Å². The first kappa shape index (κ1) is 14.8. The molecule has 0 bridgehead atoms. The van der Waals surface area contributed by atoms with Crippen LogP contribution in [-0.2, 0) is 0 Å². The average Bonchev–Trinajstić information content (AvgIpc) is 2.48. The van der Waals surface area contributed by atoms with E-state index in [0.29, 0.717) is 19.1 Å². The van der Waals surface area contributed by atoms with Crippen molar-refractivity contribution in [1.82, 2.24) is 10.2 Å². The van der Waals surface area contributed by atoms with Crippen LogP contribution in [0.1, 0.15) is 19.3 Å². The van der Waals surface area contributed by atoms with Crippen LogP contribution in [0.4, 0.5) is 10.5 Å². The largest absolute Gasteiger partial charge is 0.336 e. The molecule has 0 aliphatic carbocycles. The molecule has 1 aliphatic rings. The quantitative estimate of drug-likeness (QED) is 0.765. The third-order valence-corrected chi connectivity index (χ3v) is 3.70. The molecule has 20 heavy (non-hydrogen) atoms. The number of piperidine rings is 1. The van der Waals surface area contributed by atoms with Crippen molar-refractivity contribution in [3.63, 3.8) is 0 Å². The van der Waals surface area contributed by atoms with Gasteiger partial charge in [-0.1, -0.05) is 24.6 Å². The maximum absolute atomic E-state index is 11.9. The van der Waals surface area contributed by atoms with Crippen LogP contribution in [0, 0.1) is 0 Å². The predicted molar refractivity (Wildman–Crippen MR) is 81.7 cm³/mol. The molecule has 1 unspecified atom stereocenters. The van der Waals surface area contributed by atoms with Crippen LogP contribution in [0.3, 0.4) is 0 Å². The Hall–Kier alpha value is -1.59. The molecule has 0 spiro atoms. The van der Waals surface area contributed by atoms with Gasteiger partial charge in [-0.15, -0.1) is 0 Å². The number of nitrogens with one attached hydrogen (secondary N) is 2. The first-order valence-electron chi connectivity index (χ1n) is 7.33. The van der Waals surface area contributed by atoms with Crippen LogP contribution in [0.15, 0.2) is 30.3 Å². The van der Waals surface area contributed by atoms with E-state index in [-0.39, 0.29) is 6.03 Å². The van der Waals surface area contributed by atoms with E-state index in [1.807, 2.05) is 30.3 Å². The number of urea groups is 1. The molecule has 1 aromatic carbocycles. The van der Waals surface area contributed by atoms with Crippen molar-refractivity contribution < 1.29 is 4.79 Å². The zero-order valence-electron chi connectivity index (χ0n) is 11.8. The van der Waals surface area contributed by atoms with Gasteiger partial charge in [0.1, 0.15) is 0 Å². The van der Waals surface area contributed by atoms with Gasteiger partial charge in [0.05, 0.1) is 0 Å². The van der Waals surface area contributed by atoms with Crippen LogP contribution in [0.2, 0.25) is 0 Å². The lowest BCUT2D eigenvalue weighted by Crippen LogP contribution is -2.48. The highest BCUT2D eigenvalue weighted by Gasteiger charge is 2.21. The van der Waals surface area contributed by atoms with E-state index < -0.39 is 0 Å². The number of anilines is 1. The predicted octanol–water partition coefficient (Wildman–Crippen LogP) is 1.62. The Morgan fingerprint density at radius 3 is 2.85 bits per heavy atom. The van der Waals surface area contributed by atoms with E-state index in [1.54, 1.807) is 0 Å². The minimum Gasteiger partial charge on any atom is -0.336 e. The van der Waals surface area contributed by atoms with Gasteiger partial charge in [0, 0.05) is 31.4 Å². The standard InChI is InChI=1S/C15H24N4O/c16-9-11-19-10-5-4-8-14(19)12-17-15(20)18-13-6-2-1-3-7-13/h1-3,6-7,14H,4-5,8-12,16H2,(H2,17,18,20). The van der Waals surface area contributed by atoms with Crippen molar-refractivity contribution in [3.8, 4) is 0 Å². The summed E-state index contributed by atoms with van der Waals surface area (Å²) in [6.45, 7) is 3.35. The molecule has 2 rings (SSSR count). The van der Waals surface area contributed by atoms with Gasteiger partial charge in [0.2, 0.25) is 0 Å². The lowest BCUT2D eigenvalue weighted by Gasteiger charge is -2.35. The van der Waals surface area contributed by atoms with Gasteiger partial charge in [-0.05, 0) is 31.5 Å². The smallest absolute Gasteiger partial charge is 0.319 e. The molecule has 0 saturated carbocycles. The van der Waals surface area contributed by atoms with Gasteiger partial charge in [-0.25, -0.2) is 4.79 Å². The second-order valence-corrected chi connectivity index (χ2v) is 5.18. The van der Waals surface area contributed by atoms with Gasteiger partial charge >= 0.3 is 6.03 Å². The van der Waals surface area contributed by atoms with Crippen molar-refractivity contribution in [2.24, 2.45) is 5.73 Å². The fourth-order valence-corrected chi connectivity index (χ4v) is 2.66. The zero-order valence-corrected chi connectivity index (χ0v) is 11.8. The Labute approximate surface area is 120 Å². The molecule has 1 aromatic rings. The highest BCUT2D eigenvalue weighted by Crippen LogP contribution is 2.15. The zero-order chi connectivity index (χ0) is 14.2. The second-order valence-electron chi connectivity index (χ2n) is 5.18. The maximum atomic E-state index is 11.9. The number of nitrogens with zero attached hydrogens (tertiary/aromatic N) is 1. The Bertz CT molecular complexity index is 408. The monoisotopic (exact) mass is 276 g/mol. The summed E-state index contributed by atoms with van der Waals surface area (Å²) >= 11 is 0. The molecule has 5 nitrogen and oxygen atoms in total. The number of carbonyl (C=O) groups is 1. The molecule has 1 fully saturated rings. The normalized spacial score (nSPS) is 19.6. The lowest BCUT2D eigenvalue weighted by atomic mass is 10.0. The summed E-state index contributed by atoms with van der Waals surface area (Å²) in [5, 5.41) is 5.79. The van der Waals surface area contributed by atoms with Crippen molar-refractivity contribution in [2.45, 2.75) is 25.3 Å². The minimum atomic E-state index is -0.144. The number of carbonyl (C=O) groups excluding carboxylic acids is 1. The number of nitrogens with two attached hydrogens (primary N) is 1. The number of rotatable bonds is 5. The number of benzene rings is 1. The van der Waals surface area contributed by atoms with E-state index >= 15 is 0 Å². The number of hydrogen-bond acceptors (Lipinski definition) is 3. The summed E-state index contributed by atoms with van der Waals surface area (Å²) in [4.78, 5) is 14.2. The number of para-hydroxylation sites is 1. The van der Waals surface area contributed by atoms with Crippen LogP contribution in [0.25, 0.3) is 0 Å². The molecular formula is C15H24N4O. The van der Waals surface area contributed by atoms with Crippen LogP contribution >= 0.6 is 0 Å². The van der Waals surface area contributed by atoms with Gasteiger partial charge in [-0.3, -0.25) is 4.90 Å². The summed E-state index contributed by atoms with van der Waals surface area (Å²) in [5.74, 6) is 0. The van der Waals surface area contributed by atoms with Gasteiger partial charge < -0.3 is 16.4 Å². The molecule has 1 atom stereocenters. The summed E-state index contributed by atoms with van der Waals surface area (Å²) in [5.41, 5.74) is 6.45. The summed E-state index contributed by atoms with van der Waals surface area (Å²) in [7, 11) is 0. The summed E-state index contributed by atoms with van der Waals surface area (Å²) < 4.78 is 0. The van der Waals surface area contributed by atoms with E-state index in [2.05, 4.69) is 15.5 Å². The number of hydrogen-bond donors (Lipinski definition) is 3. The third-order valence-electron chi connectivity index (χ3n) is 3.70. The van der Waals surface area contributed by atoms with Crippen molar-refractivity contribution >= 4 is 11.7 Å². The summed E-state index contributed by atoms with van der Waals surface area (Å²) in [6.07, 6.45) is 3.59. The Morgan fingerprint density at radius 1 is 1.30 bits per heavy atom. The SMILES string of the molecule is NCCN1CCCCC1CNC(=O)Nc1ccccc1. The Balaban J connectivity index is 1.77. The van der Waals surface area contributed by atoms with Gasteiger partial charge in [0.25, 0.3) is 0 Å². The molecule has 0 radical (unpaired) electrons. The molecule has 1 aliphatic heterocycles. The molecule has 5 heteroatoms. The first-order valence-corrected chi connectivity index (χ1v) is 7.33. The van der Waals surface area contributed by atoms with E-state index in [4.69, 9.17) is 5.73 Å². The van der Waals surface area contributed by atoms with E-state index in [9.17, 15) is 4.79 Å². The fraction of sp³-hybridized carbons (Fsp3) is 0.533. The third kappa shape index (κ3) is 4.51. The van der Waals surface area contributed by atoms with Crippen LogP contribution in [-0.4, -0.2) is 43.2 Å². The maximum Gasteiger partial charge on any atom is 0.319 e. The molecular weight excluding hydrogens is 252 g/mol. The van der Waals surface area contributed by atoms with Crippen molar-refractivity contribution in [3.05, 3.63) is 30.3 Å². The van der Waals surface area contributed by atoms with Gasteiger partial charge in [-0.2, -0.15) is 0 Å². The lowest BCUT2D eigenvalue weighted by molar-refractivity contribution is 0.151. The Morgan fingerprint density at radius 2 is 2.10 bits per heavy atom. The minimum absolute atomic E-state index is 0.144. The molecule has 1 saturated heterocycles. The average molecular weight is 276 g/mol. The molecule has 4 N–H and O–H groups in total. The topological polar surface area (TPSA) is 70.4 Å². The fourth-order valence-electron chi connectivity index (χ4n) is 2.66. The van der Waals surface area contributed by atoms with E-state index in [1.165, 1.54) is 12.8 Å².